The maximum absolute atomic E-state index is 2.43. The predicted octanol–water partition coefficient (Wildman–Crippen LogP) is 19.0. The summed E-state index contributed by atoms with van der Waals surface area (Å²) in [6.45, 7) is 0. The Balaban J connectivity index is 1.01. The summed E-state index contributed by atoms with van der Waals surface area (Å²) < 4.78 is 4.82. The van der Waals surface area contributed by atoms with Crippen LogP contribution in [0.4, 0.5) is 0 Å². The third-order valence-electron chi connectivity index (χ3n) is 14.4. The first-order chi connectivity index (χ1) is 35.8. The highest BCUT2D eigenvalue weighted by Gasteiger charge is 2.23. The van der Waals surface area contributed by atoms with E-state index in [1.165, 1.54) is 99.7 Å². The smallest absolute Gasteiger partial charge is 0.0535 e. The van der Waals surface area contributed by atoms with Crippen LogP contribution in [0.2, 0.25) is 0 Å². The number of hydrogen-bond donors (Lipinski definition) is 0. The summed E-state index contributed by atoms with van der Waals surface area (Å²) in [5.41, 5.74) is 21.4. The van der Waals surface area contributed by atoms with Crippen LogP contribution < -0.4 is 0 Å². The van der Waals surface area contributed by atoms with E-state index in [0.29, 0.717) is 0 Å². The van der Waals surface area contributed by atoms with Crippen molar-refractivity contribution in [3.63, 3.8) is 0 Å². The summed E-state index contributed by atoms with van der Waals surface area (Å²) in [4.78, 5) is 0. The Bertz CT molecular complexity index is 3900. The van der Waals surface area contributed by atoms with Gasteiger partial charge in [0.05, 0.1) is 22.8 Å². The van der Waals surface area contributed by atoms with E-state index in [0.717, 1.165) is 35.6 Å². The lowest BCUT2D eigenvalue weighted by Crippen LogP contribution is -2.02. The molecule has 13 rings (SSSR count). The quantitative estimate of drug-likeness (QED) is 0.121. The average Bonchev–Trinajstić information content (AvgIpc) is 4.12. The van der Waals surface area contributed by atoms with Crippen LogP contribution in [0.15, 0.2) is 279 Å². The molecule has 2 heteroatoms. The lowest BCUT2D eigenvalue weighted by molar-refractivity contribution is 1.02. The minimum atomic E-state index is 1.05. The van der Waals surface area contributed by atoms with E-state index >= 15 is 0 Å². The van der Waals surface area contributed by atoms with Gasteiger partial charge >= 0.3 is 0 Å². The van der Waals surface area contributed by atoms with Crippen molar-refractivity contribution in [2.75, 3.05) is 0 Å². The minimum absolute atomic E-state index is 1.05. The minimum Gasteiger partial charge on any atom is -0.309 e. The number of benzene rings is 10. The van der Waals surface area contributed by atoms with Gasteiger partial charge in [0, 0.05) is 11.4 Å². The Morgan fingerprint density at radius 2 is 0.625 bits per heavy atom. The molecule has 0 radical (unpaired) electrons. The molecule has 0 fully saturated rings. The molecular weight excluding hydrogens is 869 g/mol. The molecule has 0 N–H and O–H groups in total. The third kappa shape index (κ3) is 7.62. The van der Waals surface area contributed by atoms with Crippen molar-refractivity contribution in [3.05, 3.63) is 285 Å². The van der Waals surface area contributed by atoms with E-state index in [1.54, 1.807) is 0 Å². The number of nitrogens with zero attached hydrogens (tertiary/aromatic N) is 2. The van der Waals surface area contributed by atoms with Crippen LogP contribution in [0.3, 0.4) is 0 Å². The summed E-state index contributed by atoms with van der Waals surface area (Å²) in [7, 11) is 0. The highest BCUT2D eigenvalue weighted by atomic mass is 15.0. The van der Waals surface area contributed by atoms with Gasteiger partial charge in [0.2, 0.25) is 0 Å². The lowest BCUT2D eigenvalue weighted by Gasteiger charge is -2.23. The SMILES string of the molecule is C1=CC(c2ccc(-c3ccccc3)n2-c2ccc(-c3cccc4c(-c5ccccc5)c5c(-c6ccc(-n7c(-c8ccccc8)ccc7-c7ccccc7)cc6)cccc5c(-c5ccccc5)c34)cc2)=CCC1. The first kappa shape index (κ1) is 42.8. The van der Waals surface area contributed by atoms with Gasteiger partial charge in [-0.15, -0.1) is 0 Å². The maximum Gasteiger partial charge on any atom is 0.0535 e. The van der Waals surface area contributed by atoms with E-state index in [1.807, 2.05) is 0 Å². The van der Waals surface area contributed by atoms with Gasteiger partial charge in [0.25, 0.3) is 0 Å². The molecule has 2 aromatic heterocycles. The monoisotopic (exact) mass is 918 g/mol. The van der Waals surface area contributed by atoms with E-state index < -0.39 is 0 Å². The Labute approximate surface area is 421 Å². The molecule has 340 valence electrons. The molecule has 0 bridgehead atoms. The molecule has 0 saturated carbocycles. The van der Waals surface area contributed by atoms with Crippen LogP contribution in [0.1, 0.15) is 18.5 Å². The summed E-state index contributed by atoms with van der Waals surface area (Å²) in [5, 5.41) is 4.93. The summed E-state index contributed by atoms with van der Waals surface area (Å²) >= 11 is 0. The molecule has 2 heterocycles. The zero-order valence-electron chi connectivity index (χ0n) is 39.9. The first-order valence-electron chi connectivity index (χ1n) is 25.1. The van der Waals surface area contributed by atoms with E-state index in [9.17, 15) is 0 Å². The van der Waals surface area contributed by atoms with Crippen molar-refractivity contribution in [3.8, 4) is 89.7 Å². The zero-order valence-corrected chi connectivity index (χ0v) is 39.9. The second kappa shape index (κ2) is 18.6. The zero-order chi connectivity index (χ0) is 47.8. The van der Waals surface area contributed by atoms with Gasteiger partial charge in [-0.25, -0.2) is 0 Å². The number of hydrogen-bond acceptors (Lipinski definition) is 0. The number of rotatable bonds is 10. The fourth-order valence-corrected chi connectivity index (χ4v) is 11.2. The molecule has 1 aliphatic rings. The number of allylic oxidation sites excluding steroid dienone is 4. The Kier molecular flexibility index (Phi) is 11.1. The molecule has 0 amide bonds. The fraction of sp³-hybridized carbons (Fsp3) is 0.0286. The van der Waals surface area contributed by atoms with Crippen LogP contribution >= 0.6 is 0 Å². The van der Waals surface area contributed by atoms with Gasteiger partial charge in [-0.2, -0.15) is 0 Å². The molecule has 10 aromatic carbocycles. The topological polar surface area (TPSA) is 9.86 Å². The van der Waals surface area contributed by atoms with Crippen molar-refractivity contribution in [2.24, 2.45) is 0 Å². The van der Waals surface area contributed by atoms with Crippen molar-refractivity contribution in [1.82, 2.24) is 9.13 Å². The molecule has 0 saturated heterocycles. The van der Waals surface area contributed by atoms with E-state index in [-0.39, 0.29) is 0 Å². The van der Waals surface area contributed by atoms with Gasteiger partial charge in [-0.05, 0) is 150 Å². The fourth-order valence-electron chi connectivity index (χ4n) is 11.2. The molecular formula is C70H50N2. The third-order valence-corrected chi connectivity index (χ3v) is 14.4. The second-order valence-corrected chi connectivity index (χ2v) is 18.6. The number of fused-ring (bicyclic) bond motifs is 2. The normalized spacial score (nSPS) is 12.4. The van der Waals surface area contributed by atoms with Crippen molar-refractivity contribution < 1.29 is 0 Å². The highest BCUT2D eigenvalue weighted by molar-refractivity contribution is 6.27. The Hall–Kier alpha value is -9.24. The van der Waals surface area contributed by atoms with Gasteiger partial charge in [-0.3, -0.25) is 0 Å². The van der Waals surface area contributed by atoms with Crippen LogP contribution in [0.5, 0.6) is 0 Å². The summed E-state index contributed by atoms with van der Waals surface area (Å²) in [6.07, 6.45) is 9.08. The van der Waals surface area contributed by atoms with Gasteiger partial charge in [-0.1, -0.05) is 231 Å². The van der Waals surface area contributed by atoms with Crippen LogP contribution in [-0.2, 0) is 0 Å². The lowest BCUT2D eigenvalue weighted by atomic mass is 9.81. The number of aromatic nitrogens is 2. The molecule has 1 aliphatic carbocycles. The molecule has 0 unspecified atom stereocenters. The van der Waals surface area contributed by atoms with Crippen molar-refractivity contribution in [1.29, 1.82) is 0 Å². The van der Waals surface area contributed by atoms with Gasteiger partial charge in [0.15, 0.2) is 0 Å². The maximum atomic E-state index is 2.43. The second-order valence-electron chi connectivity index (χ2n) is 18.6. The van der Waals surface area contributed by atoms with Crippen LogP contribution in [0, 0.1) is 0 Å². The molecule has 0 atom stereocenters. The largest absolute Gasteiger partial charge is 0.309 e. The molecule has 72 heavy (non-hydrogen) atoms. The predicted molar refractivity (Wildman–Crippen MR) is 305 cm³/mol. The summed E-state index contributed by atoms with van der Waals surface area (Å²) in [6, 6.07) is 95.5. The Morgan fingerprint density at radius 1 is 0.264 bits per heavy atom. The molecule has 0 spiro atoms. The first-order valence-corrected chi connectivity index (χ1v) is 25.1. The van der Waals surface area contributed by atoms with Crippen LogP contribution in [-0.4, -0.2) is 9.13 Å². The van der Waals surface area contributed by atoms with E-state index in [2.05, 4.69) is 288 Å². The molecule has 2 nitrogen and oxygen atoms in total. The van der Waals surface area contributed by atoms with E-state index in [4.69, 9.17) is 0 Å². The highest BCUT2D eigenvalue weighted by Crippen LogP contribution is 2.50. The molecule has 0 aliphatic heterocycles. The van der Waals surface area contributed by atoms with Crippen LogP contribution in [0.25, 0.3) is 117 Å². The standard InChI is InChI=1S/C70H50N2/c1-7-21-51(22-8-1)63-45-46-64(52-23-9-2-10-24-52)71(63)57-41-37-49(38-42-57)59-33-19-35-61-68(56-31-17-6-18-32-56)70-60(34-20-36-62(70)67(69(59)61)55-29-15-5-16-30-55)50-39-43-58(44-40-50)72-65(53-25-11-3-12-26-53)47-48-66(72)54-27-13-4-14-28-54/h1-3,5-13,15-48H,4,14H2. The Morgan fingerprint density at radius 3 is 1.00 bits per heavy atom. The van der Waals surface area contributed by atoms with Crippen molar-refractivity contribution in [2.45, 2.75) is 12.8 Å². The van der Waals surface area contributed by atoms with Gasteiger partial charge < -0.3 is 9.13 Å². The van der Waals surface area contributed by atoms with Gasteiger partial charge in [0.1, 0.15) is 0 Å². The van der Waals surface area contributed by atoms with Crippen molar-refractivity contribution >= 4 is 27.1 Å². The molecule has 12 aromatic rings. The average molecular weight is 919 g/mol. The summed E-state index contributed by atoms with van der Waals surface area (Å²) in [5.74, 6) is 0.